The van der Waals surface area contributed by atoms with Crippen molar-refractivity contribution in [2.24, 2.45) is 15.8 Å². The third kappa shape index (κ3) is 8.14. The third-order valence-corrected chi connectivity index (χ3v) is 9.08. The largest absolute Gasteiger partial charge is 0.345 e. The van der Waals surface area contributed by atoms with Gasteiger partial charge in [-0.05, 0) is 72.5 Å². The molecule has 2 aliphatic heterocycles. The number of halogens is 2. The fraction of sp³-hybridized carbons (Fsp3) is 0.529. The van der Waals surface area contributed by atoms with E-state index in [-0.39, 0.29) is 35.2 Å². The first-order valence-corrected chi connectivity index (χ1v) is 16.6. The number of hydrogen-bond acceptors (Lipinski definition) is 7. The van der Waals surface area contributed by atoms with Crippen molar-refractivity contribution in [2.45, 2.75) is 85.5 Å². The molecule has 2 N–H and O–H groups in total. The van der Waals surface area contributed by atoms with Gasteiger partial charge in [0.15, 0.2) is 5.82 Å². The molecule has 5 rings (SSSR count). The lowest BCUT2D eigenvalue weighted by Gasteiger charge is -2.40. The first kappa shape index (κ1) is 34.0. The number of H-pyrrole nitrogens is 1. The number of aromatic amines is 1. The number of likely N-dealkylation sites (tertiary alicyclic amines) is 1. The number of aliphatic imine (C=N–C) groups is 1. The normalized spacial score (nSPS) is 19.6. The number of nitrogens with zero attached hydrogens (tertiary/aromatic N) is 6. The van der Waals surface area contributed by atoms with E-state index in [0.29, 0.717) is 39.3 Å². The number of rotatable bonds is 10. The SMILES string of the molecule is CC(C)(C)CCC(c1ccc(C(=O)NCc2nn[nH]n2)cc1)N1C(=O)C(c2cc(Cl)cc(Cl)c2)=NC12CCN(CCC(C)(C)C)C2. The molecule has 1 aromatic heterocycles. The first-order chi connectivity index (χ1) is 21.6. The average molecular weight is 668 g/mol. The second-order valence-electron chi connectivity index (χ2n) is 14.9. The maximum absolute atomic E-state index is 14.6. The van der Waals surface area contributed by atoms with Crippen molar-refractivity contribution >= 4 is 40.7 Å². The summed E-state index contributed by atoms with van der Waals surface area (Å²) >= 11 is 12.8. The van der Waals surface area contributed by atoms with E-state index in [1.54, 1.807) is 30.3 Å². The summed E-state index contributed by atoms with van der Waals surface area (Å²) in [4.78, 5) is 37.3. The zero-order chi connectivity index (χ0) is 33.3. The Balaban J connectivity index is 1.49. The zero-order valence-electron chi connectivity index (χ0n) is 27.5. The van der Waals surface area contributed by atoms with Crippen molar-refractivity contribution < 1.29 is 9.59 Å². The topological polar surface area (TPSA) is 119 Å². The number of carbonyl (C=O) groups excluding carboxylic acids is 2. The van der Waals surface area contributed by atoms with E-state index in [2.05, 4.69) is 72.4 Å². The van der Waals surface area contributed by atoms with E-state index in [0.717, 1.165) is 44.3 Å². The van der Waals surface area contributed by atoms with Gasteiger partial charge in [0.05, 0.1) is 12.6 Å². The van der Waals surface area contributed by atoms with Gasteiger partial charge < -0.3 is 10.2 Å². The molecule has 2 amide bonds. The smallest absolute Gasteiger partial charge is 0.275 e. The Hall–Kier alpha value is -3.34. The van der Waals surface area contributed by atoms with Crippen molar-refractivity contribution in [1.82, 2.24) is 35.7 Å². The second kappa shape index (κ2) is 13.4. The van der Waals surface area contributed by atoms with Crippen LogP contribution in [0.5, 0.6) is 0 Å². The number of aromatic nitrogens is 4. The highest BCUT2D eigenvalue weighted by Crippen LogP contribution is 2.44. The molecule has 0 saturated carbocycles. The molecule has 0 radical (unpaired) electrons. The van der Waals surface area contributed by atoms with Crippen molar-refractivity contribution in [2.75, 3.05) is 19.6 Å². The van der Waals surface area contributed by atoms with Crippen LogP contribution in [0.15, 0.2) is 47.5 Å². The Bertz CT molecular complexity index is 1560. The monoisotopic (exact) mass is 666 g/mol. The van der Waals surface area contributed by atoms with Crippen LogP contribution in [-0.4, -0.2) is 73.2 Å². The first-order valence-electron chi connectivity index (χ1n) is 15.9. The Kier molecular flexibility index (Phi) is 9.92. The Labute approximate surface area is 281 Å². The van der Waals surface area contributed by atoms with Gasteiger partial charge in [-0.15, -0.1) is 10.2 Å². The molecule has 246 valence electrons. The summed E-state index contributed by atoms with van der Waals surface area (Å²) in [5.41, 5.74) is 1.98. The summed E-state index contributed by atoms with van der Waals surface area (Å²) < 4.78 is 0. The van der Waals surface area contributed by atoms with Gasteiger partial charge in [0.2, 0.25) is 0 Å². The Morgan fingerprint density at radius 1 is 1.02 bits per heavy atom. The molecule has 1 saturated heterocycles. The predicted molar refractivity (Wildman–Crippen MR) is 181 cm³/mol. The van der Waals surface area contributed by atoms with Crippen LogP contribution < -0.4 is 5.32 Å². The molecular formula is C34H44Cl2N8O2. The van der Waals surface area contributed by atoms with Crippen molar-refractivity contribution in [3.05, 3.63) is 75.0 Å². The molecule has 0 bridgehead atoms. The van der Waals surface area contributed by atoms with E-state index in [9.17, 15) is 9.59 Å². The van der Waals surface area contributed by atoms with E-state index < -0.39 is 5.66 Å². The highest BCUT2D eigenvalue weighted by Gasteiger charge is 2.54. The molecule has 1 spiro atoms. The summed E-state index contributed by atoms with van der Waals surface area (Å²) in [5.74, 6) is 0.0249. The predicted octanol–water partition coefficient (Wildman–Crippen LogP) is 6.47. The molecular weight excluding hydrogens is 623 g/mol. The molecule has 12 heteroatoms. The lowest BCUT2D eigenvalue weighted by Crippen LogP contribution is -2.50. The zero-order valence-corrected chi connectivity index (χ0v) is 29.0. The summed E-state index contributed by atoms with van der Waals surface area (Å²) in [6.07, 6.45) is 3.39. The molecule has 3 heterocycles. The number of benzene rings is 2. The lowest BCUT2D eigenvalue weighted by atomic mass is 9.85. The standard InChI is InChI=1S/C34H44Cl2N8O2/c1-32(2,3)12-11-27(22-7-9-23(10-8-22)30(45)37-20-28-39-41-42-40-28)44-31(46)29(24-17-25(35)19-26(36)18-24)38-34(44)14-16-43(21-34)15-13-33(4,5)6/h7-10,17-19,27H,11-16,20-21H2,1-6H3,(H,37,45)(H,39,40,41,42). The lowest BCUT2D eigenvalue weighted by molar-refractivity contribution is -0.131. The van der Waals surface area contributed by atoms with Crippen LogP contribution in [0, 0.1) is 10.8 Å². The van der Waals surface area contributed by atoms with E-state index in [1.165, 1.54) is 0 Å². The molecule has 2 atom stereocenters. The van der Waals surface area contributed by atoms with Gasteiger partial charge in [-0.1, -0.05) is 82.1 Å². The third-order valence-electron chi connectivity index (χ3n) is 8.64. The fourth-order valence-electron chi connectivity index (χ4n) is 6.14. The summed E-state index contributed by atoms with van der Waals surface area (Å²) in [6, 6.07) is 12.5. The van der Waals surface area contributed by atoms with Gasteiger partial charge >= 0.3 is 0 Å². The molecule has 2 unspecified atom stereocenters. The Morgan fingerprint density at radius 3 is 2.30 bits per heavy atom. The number of amides is 2. The quantitative estimate of drug-likeness (QED) is 0.256. The van der Waals surface area contributed by atoms with Gasteiger partial charge in [-0.25, -0.2) is 4.99 Å². The highest BCUT2D eigenvalue weighted by molar-refractivity contribution is 6.48. The minimum Gasteiger partial charge on any atom is -0.345 e. The van der Waals surface area contributed by atoms with Crippen LogP contribution in [0.25, 0.3) is 0 Å². The molecule has 0 aliphatic carbocycles. The molecule has 10 nitrogen and oxygen atoms in total. The average Bonchev–Trinajstić information content (AvgIpc) is 3.70. The highest BCUT2D eigenvalue weighted by atomic mass is 35.5. The van der Waals surface area contributed by atoms with E-state index in [1.807, 2.05) is 17.0 Å². The maximum atomic E-state index is 14.6. The number of nitrogens with one attached hydrogen (secondary N) is 2. The summed E-state index contributed by atoms with van der Waals surface area (Å²) in [6.45, 7) is 16.0. The van der Waals surface area contributed by atoms with Crippen molar-refractivity contribution in [3.63, 3.8) is 0 Å². The second-order valence-corrected chi connectivity index (χ2v) is 15.7. The minimum atomic E-state index is -0.734. The van der Waals surface area contributed by atoms with Crippen LogP contribution in [0.4, 0.5) is 0 Å². The minimum absolute atomic E-state index is 0.0434. The van der Waals surface area contributed by atoms with Gasteiger partial charge in [-0.3, -0.25) is 14.5 Å². The molecule has 46 heavy (non-hydrogen) atoms. The molecule has 2 aromatic carbocycles. The van der Waals surface area contributed by atoms with Crippen LogP contribution in [0.1, 0.15) is 101 Å². The number of tetrazole rings is 1. The Morgan fingerprint density at radius 2 is 1.70 bits per heavy atom. The van der Waals surface area contributed by atoms with Gasteiger partial charge in [0.1, 0.15) is 11.4 Å². The molecule has 3 aromatic rings. The molecule has 2 aliphatic rings. The van der Waals surface area contributed by atoms with Crippen LogP contribution in [-0.2, 0) is 11.3 Å². The number of carbonyl (C=O) groups is 2. The summed E-state index contributed by atoms with van der Waals surface area (Å²) in [7, 11) is 0. The molecule has 1 fully saturated rings. The van der Waals surface area contributed by atoms with Gasteiger partial charge in [-0.2, -0.15) is 5.21 Å². The van der Waals surface area contributed by atoms with E-state index >= 15 is 0 Å². The fourth-order valence-corrected chi connectivity index (χ4v) is 6.66. The van der Waals surface area contributed by atoms with Gasteiger partial charge in [0.25, 0.3) is 11.8 Å². The van der Waals surface area contributed by atoms with Crippen LogP contribution >= 0.6 is 23.2 Å². The van der Waals surface area contributed by atoms with Crippen molar-refractivity contribution in [1.29, 1.82) is 0 Å². The maximum Gasteiger partial charge on any atom is 0.275 e. The van der Waals surface area contributed by atoms with E-state index in [4.69, 9.17) is 28.2 Å². The van der Waals surface area contributed by atoms with Crippen LogP contribution in [0.2, 0.25) is 10.0 Å². The van der Waals surface area contributed by atoms with Crippen LogP contribution in [0.3, 0.4) is 0 Å². The van der Waals surface area contributed by atoms with Crippen molar-refractivity contribution in [3.8, 4) is 0 Å². The number of hydrogen-bond donors (Lipinski definition) is 2. The van der Waals surface area contributed by atoms with Gasteiger partial charge in [0, 0.05) is 40.7 Å². The summed E-state index contributed by atoms with van der Waals surface area (Å²) in [5, 5.41) is 17.4.